The Hall–Kier alpha value is -2.88. The minimum absolute atomic E-state index is 0.315. The van der Waals surface area contributed by atoms with Gasteiger partial charge in [0.1, 0.15) is 12.2 Å². The molecule has 148 valence electrons. The normalized spacial score (nSPS) is 14.0. The van der Waals surface area contributed by atoms with E-state index < -0.39 is 12.6 Å². The predicted octanol–water partition coefficient (Wildman–Crippen LogP) is 4.54. The molecule has 5 nitrogen and oxygen atoms in total. The second-order valence-electron chi connectivity index (χ2n) is 6.93. The number of alkyl halides is 1. The number of benzene rings is 2. The molecule has 1 amide bonds. The van der Waals surface area contributed by atoms with Crippen molar-refractivity contribution in [3.05, 3.63) is 58.4 Å². The Morgan fingerprint density at radius 2 is 2.07 bits per heavy atom. The summed E-state index contributed by atoms with van der Waals surface area (Å²) in [6, 6.07) is 9.98. The molecule has 0 atom stereocenters. The summed E-state index contributed by atoms with van der Waals surface area (Å²) in [5, 5.41) is 3.04. The Kier molecular flexibility index (Phi) is 5.79. The van der Waals surface area contributed by atoms with Gasteiger partial charge in [-0.2, -0.15) is 0 Å². The Morgan fingerprint density at radius 1 is 1.24 bits per heavy atom. The zero-order valence-corrected chi connectivity index (χ0v) is 16.4. The lowest BCUT2D eigenvalue weighted by Crippen LogP contribution is -2.18. The molecule has 7 heteroatoms. The summed E-state index contributed by atoms with van der Waals surface area (Å²) in [7, 11) is 0. The van der Waals surface area contributed by atoms with Crippen LogP contribution in [0, 0.1) is 11.8 Å². The SMILES string of the molecule is O=C(C#Cc1ccc(CF)cc1Cl)Nc1ccc2oc(CN3CCCC3)nc2c1. The number of amides is 1. The first-order valence-electron chi connectivity index (χ1n) is 9.40. The number of hydrogen-bond donors (Lipinski definition) is 1. The Bertz CT molecular complexity index is 1110. The van der Waals surface area contributed by atoms with Crippen molar-refractivity contribution < 1.29 is 13.6 Å². The molecule has 1 aliphatic rings. The molecule has 0 radical (unpaired) electrons. The maximum absolute atomic E-state index is 12.6. The van der Waals surface area contributed by atoms with Crippen LogP contribution in [-0.2, 0) is 18.0 Å². The topological polar surface area (TPSA) is 58.4 Å². The average Bonchev–Trinajstić information content (AvgIpc) is 3.36. The Morgan fingerprint density at radius 3 is 2.83 bits per heavy atom. The molecule has 3 aromatic rings. The number of carbonyl (C=O) groups is 1. The molecule has 0 aliphatic carbocycles. The van der Waals surface area contributed by atoms with Crippen molar-refractivity contribution in [3.8, 4) is 11.8 Å². The fourth-order valence-corrected chi connectivity index (χ4v) is 3.53. The molecule has 1 saturated heterocycles. The van der Waals surface area contributed by atoms with Crippen LogP contribution in [0.15, 0.2) is 40.8 Å². The zero-order valence-electron chi connectivity index (χ0n) is 15.7. The second-order valence-corrected chi connectivity index (χ2v) is 7.33. The molecule has 1 aromatic heterocycles. The standard InChI is InChI=1S/C22H19ClFN3O2/c23-18-11-15(13-24)3-4-16(18)5-8-21(28)25-17-6-7-20-19(12-17)26-22(29-20)14-27-9-1-2-10-27/h3-4,6-7,11-12H,1-2,9-10,13-14H2,(H,25,28). The van der Waals surface area contributed by atoms with E-state index in [9.17, 15) is 9.18 Å². The number of likely N-dealkylation sites (tertiary alicyclic amines) is 1. The van der Waals surface area contributed by atoms with Gasteiger partial charge in [0.2, 0.25) is 5.89 Å². The summed E-state index contributed by atoms with van der Waals surface area (Å²) >= 11 is 6.06. The van der Waals surface area contributed by atoms with Gasteiger partial charge < -0.3 is 9.73 Å². The molecule has 1 fully saturated rings. The van der Waals surface area contributed by atoms with Gasteiger partial charge in [-0.1, -0.05) is 23.6 Å². The van der Waals surface area contributed by atoms with E-state index in [0.717, 1.165) is 13.1 Å². The third kappa shape index (κ3) is 4.76. The number of nitrogens with one attached hydrogen (secondary N) is 1. The summed E-state index contributed by atoms with van der Waals surface area (Å²) in [6.07, 6.45) is 2.42. The lowest BCUT2D eigenvalue weighted by Gasteiger charge is -2.10. The molecule has 29 heavy (non-hydrogen) atoms. The highest BCUT2D eigenvalue weighted by atomic mass is 35.5. The van der Waals surface area contributed by atoms with E-state index in [-0.39, 0.29) is 0 Å². The molecule has 4 rings (SSSR count). The molecule has 2 heterocycles. The third-order valence-corrected chi connectivity index (χ3v) is 5.06. The van der Waals surface area contributed by atoms with Crippen molar-refractivity contribution in [2.24, 2.45) is 0 Å². The fraction of sp³-hybridized carbons (Fsp3) is 0.273. The minimum Gasteiger partial charge on any atom is -0.439 e. The van der Waals surface area contributed by atoms with Gasteiger partial charge in [-0.3, -0.25) is 9.69 Å². The van der Waals surface area contributed by atoms with Crippen molar-refractivity contribution in [2.75, 3.05) is 18.4 Å². The van der Waals surface area contributed by atoms with Crippen molar-refractivity contribution in [1.29, 1.82) is 0 Å². The maximum atomic E-state index is 12.6. The number of halogens is 2. The highest BCUT2D eigenvalue weighted by Gasteiger charge is 2.15. The van der Waals surface area contributed by atoms with Crippen LogP contribution >= 0.6 is 11.6 Å². The van der Waals surface area contributed by atoms with Gasteiger partial charge in [0.15, 0.2) is 5.58 Å². The van der Waals surface area contributed by atoms with E-state index in [1.807, 2.05) is 0 Å². The highest BCUT2D eigenvalue weighted by Crippen LogP contribution is 2.22. The average molecular weight is 412 g/mol. The smallest absolute Gasteiger partial charge is 0.300 e. The predicted molar refractivity (Wildman–Crippen MR) is 110 cm³/mol. The van der Waals surface area contributed by atoms with Crippen LogP contribution in [0.1, 0.15) is 29.9 Å². The van der Waals surface area contributed by atoms with Crippen molar-refractivity contribution in [3.63, 3.8) is 0 Å². The minimum atomic E-state index is -0.599. The van der Waals surface area contributed by atoms with Crippen LogP contribution in [-0.4, -0.2) is 28.9 Å². The molecular weight excluding hydrogens is 393 g/mol. The second kappa shape index (κ2) is 8.64. The van der Waals surface area contributed by atoms with Gasteiger partial charge in [0.25, 0.3) is 0 Å². The van der Waals surface area contributed by atoms with E-state index >= 15 is 0 Å². The van der Waals surface area contributed by atoms with Gasteiger partial charge in [0.05, 0.1) is 11.6 Å². The molecular formula is C22H19ClFN3O2. The van der Waals surface area contributed by atoms with Gasteiger partial charge >= 0.3 is 5.91 Å². The van der Waals surface area contributed by atoms with E-state index in [2.05, 4.69) is 27.0 Å². The number of carbonyl (C=O) groups excluding carboxylic acids is 1. The number of hydrogen-bond acceptors (Lipinski definition) is 4. The van der Waals surface area contributed by atoms with E-state index in [0.29, 0.717) is 45.4 Å². The van der Waals surface area contributed by atoms with Gasteiger partial charge in [-0.15, -0.1) is 0 Å². The van der Waals surface area contributed by atoms with Crippen molar-refractivity contribution >= 4 is 34.3 Å². The molecule has 0 bridgehead atoms. The number of nitrogens with zero attached hydrogens (tertiary/aromatic N) is 2. The molecule has 0 unspecified atom stereocenters. The number of rotatable bonds is 4. The molecule has 0 spiro atoms. The summed E-state index contributed by atoms with van der Waals surface area (Å²) in [4.78, 5) is 19.0. The van der Waals surface area contributed by atoms with Crippen molar-refractivity contribution in [2.45, 2.75) is 26.1 Å². The van der Waals surface area contributed by atoms with Gasteiger partial charge in [-0.25, -0.2) is 9.37 Å². The molecule has 1 aliphatic heterocycles. The monoisotopic (exact) mass is 411 g/mol. The maximum Gasteiger partial charge on any atom is 0.300 e. The lowest BCUT2D eigenvalue weighted by atomic mass is 10.1. The van der Waals surface area contributed by atoms with E-state index in [1.54, 1.807) is 30.3 Å². The van der Waals surface area contributed by atoms with Crippen LogP contribution in [0.4, 0.5) is 10.1 Å². The number of oxazole rings is 1. The molecule has 1 N–H and O–H groups in total. The Balaban J connectivity index is 1.44. The van der Waals surface area contributed by atoms with Crippen LogP contribution in [0.5, 0.6) is 0 Å². The number of fused-ring (bicyclic) bond motifs is 1. The summed E-state index contributed by atoms with van der Waals surface area (Å²) < 4.78 is 18.4. The summed E-state index contributed by atoms with van der Waals surface area (Å²) in [5.41, 5.74) is 2.89. The lowest BCUT2D eigenvalue weighted by molar-refractivity contribution is -0.111. The first kappa shape index (κ1) is 19.4. The Labute approximate surface area is 172 Å². The molecule has 0 saturated carbocycles. The summed E-state index contributed by atoms with van der Waals surface area (Å²) in [6.45, 7) is 2.24. The van der Waals surface area contributed by atoms with E-state index in [4.69, 9.17) is 16.0 Å². The van der Waals surface area contributed by atoms with Crippen LogP contribution < -0.4 is 5.32 Å². The number of aromatic nitrogens is 1. The van der Waals surface area contributed by atoms with Gasteiger partial charge in [0, 0.05) is 17.2 Å². The highest BCUT2D eigenvalue weighted by molar-refractivity contribution is 6.31. The fourth-order valence-electron chi connectivity index (χ4n) is 3.28. The first-order valence-corrected chi connectivity index (χ1v) is 9.78. The van der Waals surface area contributed by atoms with Crippen LogP contribution in [0.2, 0.25) is 5.02 Å². The van der Waals surface area contributed by atoms with Crippen molar-refractivity contribution in [1.82, 2.24) is 9.88 Å². The largest absolute Gasteiger partial charge is 0.439 e. The van der Waals surface area contributed by atoms with Crippen LogP contribution in [0.25, 0.3) is 11.1 Å². The van der Waals surface area contributed by atoms with Gasteiger partial charge in [-0.05, 0) is 61.8 Å². The quantitative estimate of drug-likeness (QED) is 0.640. The van der Waals surface area contributed by atoms with Crippen LogP contribution in [0.3, 0.4) is 0 Å². The molecule has 2 aromatic carbocycles. The third-order valence-electron chi connectivity index (χ3n) is 4.75. The first-order chi connectivity index (χ1) is 14.1. The van der Waals surface area contributed by atoms with E-state index in [1.165, 1.54) is 18.9 Å². The zero-order chi connectivity index (χ0) is 20.2. The summed E-state index contributed by atoms with van der Waals surface area (Å²) in [5.74, 6) is 5.41. The number of anilines is 1.